The average Bonchev–Trinajstić information content (AvgIpc) is 1.61. The lowest BCUT2D eigenvalue weighted by molar-refractivity contribution is -0.125. The summed E-state index contributed by atoms with van der Waals surface area (Å²) >= 11 is 30.9. The lowest BCUT2D eigenvalue weighted by Crippen LogP contribution is -2.58. The van der Waals surface area contributed by atoms with E-state index in [0.717, 1.165) is 148 Å². The van der Waals surface area contributed by atoms with Crippen LogP contribution in [0.15, 0.2) is 60.7 Å². The summed E-state index contributed by atoms with van der Waals surface area (Å²) in [5, 5.41) is 42.6. The summed E-state index contributed by atoms with van der Waals surface area (Å²) in [4.78, 5) is 191. The van der Waals surface area contributed by atoms with Gasteiger partial charge in [0, 0.05) is 77.5 Å². The van der Waals surface area contributed by atoms with E-state index in [2.05, 4.69) is 79.8 Å². The van der Waals surface area contributed by atoms with E-state index in [9.17, 15) is 71.9 Å². The lowest BCUT2D eigenvalue weighted by Gasteiger charge is -2.29. The Hall–Kier alpha value is -11.4. The first-order chi connectivity index (χ1) is 60.3. The summed E-state index contributed by atoms with van der Waals surface area (Å²) in [5.41, 5.74) is 10.4. The molecular formula is C87H99Cl5N20O15. The largest absolute Gasteiger partial charge is 0.335 e. The van der Waals surface area contributed by atoms with Crippen molar-refractivity contribution in [1.82, 2.24) is 104 Å². The van der Waals surface area contributed by atoms with E-state index < -0.39 is 57.9 Å². The second-order valence-corrected chi connectivity index (χ2v) is 38.0. The van der Waals surface area contributed by atoms with Gasteiger partial charge in [-0.2, -0.15) is 0 Å². The Morgan fingerprint density at radius 2 is 0.480 bits per heavy atom. The van der Waals surface area contributed by atoms with Crippen LogP contribution in [0.5, 0.6) is 0 Å². The molecule has 672 valence electrons. The average molecular weight is 1840 g/mol. The minimum Gasteiger partial charge on any atom is -0.335 e. The summed E-state index contributed by atoms with van der Waals surface area (Å²) in [6.45, 7) is 18.0. The van der Waals surface area contributed by atoms with Crippen LogP contribution in [0.2, 0.25) is 25.1 Å². The third-order valence-electron chi connectivity index (χ3n) is 27.2. The first-order valence-electron chi connectivity index (χ1n) is 42.6. The standard InChI is InChI=1S/2C18H21ClN4O3.3C17H19ClN4O3/c2*1-9-5-11-7-23(10(2)13(11)6-14(9)19)17(26)20-8-18(12-3-4-12)15(24)21-16(25)22-18;3*1-9-4-10-6-22(7-11(10)5-13(9)18)16(25)19-8-17(12-2-3-12)14(23)20-15(24)21-17/h2*5-6,10,12H,3-4,7-8H2,1-2H3,(H,20,26)(H2,21,22,24,25);3*4-5,12H,2-3,6-8H2,1H3,(H,19,25)(H2,20,21,23,24)/t10?,18-;10-,18+;2*17-;/m0110./s1. The molecule has 25 amide bonds. The van der Waals surface area contributed by atoms with Crippen molar-refractivity contribution in [3.05, 3.63) is 169 Å². The number of nitrogens with zero attached hydrogens (tertiary/aromatic N) is 5. The van der Waals surface area contributed by atoms with Gasteiger partial charge in [-0.1, -0.05) is 88.3 Å². The van der Waals surface area contributed by atoms with Gasteiger partial charge in [-0.15, -0.1) is 0 Å². The van der Waals surface area contributed by atoms with E-state index >= 15 is 0 Å². The van der Waals surface area contributed by atoms with Gasteiger partial charge in [-0.25, -0.2) is 47.9 Å². The van der Waals surface area contributed by atoms with Gasteiger partial charge in [0.1, 0.15) is 27.7 Å². The molecule has 40 heteroatoms. The first-order valence-corrected chi connectivity index (χ1v) is 44.5. The van der Waals surface area contributed by atoms with Crippen LogP contribution < -0.4 is 79.8 Å². The number of hydrogen-bond acceptors (Lipinski definition) is 15. The summed E-state index contributed by atoms with van der Waals surface area (Å²) in [6.07, 6.45) is 8.70. The van der Waals surface area contributed by atoms with Gasteiger partial charge >= 0.3 is 60.3 Å². The Balaban J connectivity index is 0.000000117. The van der Waals surface area contributed by atoms with Crippen LogP contribution in [0.3, 0.4) is 0 Å². The van der Waals surface area contributed by atoms with Crippen molar-refractivity contribution in [2.45, 2.75) is 205 Å². The summed E-state index contributed by atoms with van der Waals surface area (Å²) < 4.78 is 0. The molecule has 0 aromatic heterocycles. The molecule has 10 fully saturated rings. The summed E-state index contributed by atoms with van der Waals surface area (Å²) in [7, 11) is 0. The number of nitrogens with one attached hydrogen (secondary N) is 15. The van der Waals surface area contributed by atoms with Gasteiger partial charge in [0.15, 0.2) is 0 Å². The van der Waals surface area contributed by atoms with E-state index in [1.807, 2.05) is 109 Å². The van der Waals surface area contributed by atoms with Crippen molar-refractivity contribution in [3.63, 3.8) is 0 Å². The van der Waals surface area contributed by atoms with Gasteiger partial charge in [-0.3, -0.25) is 50.6 Å². The molecule has 10 aliphatic heterocycles. The summed E-state index contributed by atoms with van der Waals surface area (Å²) in [5.74, 6) is -1.39. The summed E-state index contributed by atoms with van der Waals surface area (Å²) in [6, 6.07) is 15.6. The highest BCUT2D eigenvalue weighted by atomic mass is 35.5. The molecule has 5 saturated carbocycles. The highest BCUT2D eigenvalue weighted by molar-refractivity contribution is 6.33. The molecule has 0 bridgehead atoms. The molecule has 20 rings (SSSR count). The van der Waals surface area contributed by atoms with Crippen LogP contribution >= 0.6 is 58.0 Å². The zero-order valence-corrected chi connectivity index (χ0v) is 74.6. The van der Waals surface area contributed by atoms with Crippen LogP contribution in [0.1, 0.15) is 174 Å². The number of aryl methyl sites for hydroxylation is 5. The number of carbonyl (C=O) groups is 15. The van der Waals surface area contributed by atoms with E-state index in [4.69, 9.17) is 58.0 Å². The van der Waals surface area contributed by atoms with Crippen molar-refractivity contribution in [2.24, 2.45) is 29.6 Å². The van der Waals surface area contributed by atoms with Gasteiger partial charge in [0.25, 0.3) is 29.5 Å². The van der Waals surface area contributed by atoms with Gasteiger partial charge < -0.3 is 77.7 Å². The third-order valence-corrected chi connectivity index (χ3v) is 29.2. The van der Waals surface area contributed by atoms with Crippen molar-refractivity contribution in [2.75, 3.05) is 32.7 Å². The predicted octanol–water partition coefficient (Wildman–Crippen LogP) is 9.43. The van der Waals surface area contributed by atoms with Gasteiger partial charge in [0.05, 0.1) is 44.8 Å². The SMILES string of the molecule is Cc1cc2c(cc1Cl)C(C)N(C(=O)NC[C@@]1(C3CC3)NC(=O)NC1=O)C2.Cc1cc2c(cc1Cl)CN(C(=O)NCC1(C3CC3)NC(=O)NC1=O)C2.Cc1cc2c(cc1Cl)CN(C(=O)NC[C@@]1(C3CC3)NC(=O)NC1=O)C2.Cc1cc2c(cc1Cl)CN(C(=O)NC[C@]1(C3CC3)NC(=O)NC1=O)C2.Cc1cc2c(cc1Cl)[C@@H](C)N(C(=O)NC[C@@]1(C3CC3)NC(=O)NC1=O)C2. The number of rotatable bonds is 15. The number of imide groups is 5. The van der Waals surface area contributed by atoms with Crippen LogP contribution in [-0.4, -0.2) is 175 Å². The Labute approximate surface area is 755 Å². The molecule has 0 spiro atoms. The molecule has 2 unspecified atom stereocenters. The molecule has 5 aromatic carbocycles. The molecule has 5 saturated heterocycles. The van der Waals surface area contributed by atoms with Crippen molar-refractivity contribution in [3.8, 4) is 0 Å². The van der Waals surface area contributed by atoms with Gasteiger partial charge in [0.2, 0.25) is 0 Å². The maximum atomic E-state index is 12.8. The van der Waals surface area contributed by atoms with E-state index in [0.29, 0.717) is 77.5 Å². The van der Waals surface area contributed by atoms with Crippen molar-refractivity contribution < 1.29 is 71.9 Å². The number of halogens is 5. The fraction of sp³-hybridized carbons (Fsp3) is 0.483. The minimum atomic E-state index is -1.03. The molecule has 35 nitrogen and oxygen atoms in total. The fourth-order valence-electron chi connectivity index (χ4n) is 18.9. The highest BCUT2D eigenvalue weighted by Gasteiger charge is 2.61. The molecule has 0 radical (unpaired) electrons. The van der Waals surface area contributed by atoms with E-state index in [1.54, 1.807) is 24.5 Å². The normalized spacial score (nSPS) is 25.8. The number of hydrogen-bond donors (Lipinski definition) is 15. The Bertz CT molecular complexity index is 5030. The minimum absolute atomic E-state index is 0.0731. The number of carbonyl (C=O) groups excluding carboxylic acids is 15. The van der Waals surface area contributed by atoms with E-state index in [-0.39, 0.29) is 134 Å². The van der Waals surface area contributed by atoms with Crippen LogP contribution in [0.25, 0.3) is 0 Å². The molecule has 5 aromatic rings. The molecular weight excluding hydrogens is 1740 g/mol. The number of fused-ring (bicyclic) bond motifs is 5. The quantitative estimate of drug-likeness (QED) is 0.0434. The Morgan fingerprint density at radius 1 is 0.291 bits per heavy atom. The molecule has 10 heterocycles. The third kappa shape index (κ3) is 17.7. The maximum absolute atomic E-state index is 12.8. The highest BCUT2D eigenvalue weighted by Crippen LogP contribution is 2.47. The van der Waals surface area contributed by atoms with Crippen LogP contribution in [0.4, 0.5) is 47.9 Å². The van der Waals surface area contributed by atoms with Crippen LogP contribution in [0, 0.1) is 64.2 Å². The van der Waals surface area contributed by atoms with Crippen molar-refractivity contribution in [1.29, 1.82) is 0 Å². The first kappa shape index (κ1) is 89.0. The second-order valence-electron chi connectivity index (χ2n) is 35.9. The molecule has 7 atom stereocenters. The van der Waals surface area contributed by atoms with E-state index in [1.165, 1.54) is 0 Å². The number of benzene rings is 5. The second kappa shape index (κ2) is 34.3. The maximum Gasteiger partial charge on any atom is 0.322 e. The van der Waals surface area contributed by atoms with Crippen LogP contribution in [-0.2, 0) is 76.3 Å². The fourth-order valence-corrected chi connectivity index (χ4v) is 19.8. The molecule has 127 heavy (non-hydrogen) atoms. The number of urea groups is 10. The topological polar surface area (TPSA) is 453 Å². The molecule has 5 aliphatic carbocycles. The molecule has 15 aliphatic rings. The lowest BCUT2D eigenvalue weighted by atomic mass is 9.93. The predicted molar refractivity (Wildman–Crippen MR) is 464 cm³/mol. The zero-order chi connectivity index (χ0) is 90.6. The van der Waals surface area contributed by atoms with Gasteiger partial charge in [-0.05, 0) is 256 Å². The smallest absolute Gasteiger partial charge is 0.322 e. The Morgan fingerprint density at radius 3 is 0.677 bits per heavy atom. The van der Waals surface area contributed by atoms with Crippen molar-refractivity contribution >= 4 is 148 Å². The Kier molecular flexibility index (Phi) is 24.1. The zero-order valence-electron chi connectivity index (χ0n) is 70.8. The molecule has 15 N–H and O–H groups in total. The monoisotopic (exact) mass is 1840 g/mol. The number of amides is 25.